The van der Waals surface area contributed by atoms with Gasteiger partial charge in [-0.05, 0) is 19.8 Å². The zero-order valence-electron chi connectivity index (χ0n) is 9.53. The van der Waals surface area contributed by atoms with Gasteiger partial charge in [0.2, 0.25) is 5.82 Å². The average Bonchev–Trinajstić information content (AvgIpc) is 2.80. The monoisotopic (exact) mass is 226 g/mol. The summed E-state index contributed by atoms with van der Waals surface area (Å²) in [6, 6.07) is 0.236. The van der Waals surface area contributed by atoms with Gasteiger partial charge in [0.25, 0.3) is 0 Å². The predicted molar refractivity (Wildman–Crippen MR) is 58.5 cm³/mol. The molecular weight excluding hydrogens is 208 g/mol. The normalized spacial score (nSPS) is 19.6. The molecule has 0 spiro atoms. The van der Waals surface area contributed by atoms with Gasteiger partial charge in [-0.3, -0.25) is 5.43 Å². The number of aromatic nitrogens is 2. The van der Waals surface area contributed by atoms with Gasteiger partial charge >= 0.3 is 6.01 Å². The number of hydrogen-bond acceptors (Lipinski definition) is 6. The van der Waals surface area contributed by atoms with Crippen LogP contribution in [0.2, 0.25) is 0 Å². The molecule has 6 heteroatoms. The topological polar surface area (TPSA) is 86.2 Å². The smallest absolute Gasteiger partial charge is 0.335 e. The standard InChI is InChI=1S/C10H18N4O2/c1-2-15-10(6-4-3-5-7-10)8-12-9(13-11)16-14-8/h2-7,11H2,1H3,(H,12,13,14). The highest BCUT2D eigenvalue weighted by molar-refractivity contribution is 5.17. The minimum absolute atomic E-state index is 0.236. The van der Waals surface area contributed by atoms with E-state index in [1.54, 1.807) is 0 Å². The van der Waals surface area contributed by atoms with Crippen LogP contribution < -0.4 is 11.3 Å². The molecule has 1 aliphatic rings. The fourth-order valence-corrected chi connectivity index (χ4v) is 2.30. The fraction of sp³-hybridized carbons (Fsp3) is 0.800. The Morgan fingerprint density at radius 1 is 1.44 bits per heavy atom. The Balaban J connectivity index is 2.23. The van der Waals surface area contributed by atoms with Crippen LogP contribution in [-0.2, 0) is 10.3 Å². The van der Waals surface area contributed by atoms with Crippen molar-refractivity contribution in [2.75, 3.05) is 12.0 Å². The molecule has 0 unspecified atom stereocenters. The van der Waals surface area contributed by atoms with Crippen molar-refractivity contribution in [3.05, 3.63) is 5.82 Å². The number of nitrogens with two attached hydrogens (primary N) is 1. The summed E-state index contributed by atoms with van der Waals surface area (Å²) in [6.45, 7) is 2.64. The maximum absolute atomic E-state index is 5.86. The van der Waals surface area contributed by atoms with Crippen LogP contribution in [-0.4, -0.2) is 16.7 Å². The minimum Gasteiger partial charge on any atom is -0.367 e. The quantitative estimate of drug-likeness (QED) is 0.598. The molecule has 1 aromatic rings. The van der Waals surface area contributed by atoms with Crippen molar-refractivity contribution in [1.29, 1.82) is 0 Å². The zero-order chi connectivity index (χ0) is 11.4. The molecule has 1 fully saturated rings. The Labute approximate surface area is 94.5 Å². The van der Waals surface area contributed by atoms with Crippen LogP contribution in [0, 0.1) is 0 Å². The summed E-state index contributed by atoms with van der Waals surface area (Å²) in [5.74, 6) is 5.84. The molecule has 0 atom stereocenters. The molecular formula is C10H18N4O2. The first-order chi connectivity index (χ1) is 7.80. The summed E-state index contributed by atoms with van der Waals surface area (Å²) in [5.41, 5.74) is 1.98. The molecule has 0 aromatic carbocycles. The first-order valence-electron chi connectivity index (χ1n) is 5.75. The molecule has 0 radical (unpaired) electrons. The molecule has 1 aliphatic carbocycles. The first kappa shape index (κ1) is 11.3. The minimum atomic E-state index is -0.369. The Morgan fingerprint density at radius 2 is 2.19 bits per heavy atom. The highest BCUT2D eigenvalue weighted by atomic mass is 16.5. The Kier molecular flexibility index (Phi) is 3.40. The van der Waals surface area contributed by atoms with Crippen molar-refractivity contribution in [1.82, 2.24) is 10.1 Å². The number of ether oxygens (including phenoxy) is 1. The fourth-order valence-electron chi connectivity index (χ4n) is 2.30. The van der Waals surface area contributed by atoms with Gasteiger partial charge in [0.05, 0.1) is 0 Å². The number of rotatable bonds is 4. The molecule has 90 valence electrons. The van der Waals surface area contributed by atoms with E-state index in [0.717, 1.165) is 25.7 Å². The third-order valence-corrected chi connectivity index (χ3v) is 3.04. The molecule has 1 heterocycles. The van der Waals surface area contributed by atoms with Crippen LogP contribution in [0.3, 0.4) is 0 Å². The molecule has 16 heavy (non-hydrogen) atoms. The second-order valence-corrected chi connectivity index (χ2v) is 4.06. The lowest BCUT2D eigenvalue weighted by Crippen LogP contribution is -2.33. The van der Waals surface area contributed by atoms with E-state index in [-0.39, 0.29) is 11.6 Å². The number of nitrogen functional groups attached to an aromatic ring is 1. The maximum atomic E-state index is 5.86. The van der Waals surface area contributed by atoms with Crippen LogP contribution in [0.15, 0.2) is 4.52 Å². The van der Waals surface area contributed by atoms with Crippen molar-refractivity contribution in [2.45, 2.75) is 44.6 Å². The van der Waals surface area contributed by atoms with E-state index in [1.165, 1.54) is 6.42 Å². The van der Waals surface area contributed by atoms with Gasteiger partial charge in [-0.15, -0.1) is 0 Å². The van der Waals surface area contributed by atoms with Gasteiger partial charge in [-0.25, -0.2) is 5.84 Å². The van der Waals surface area contributed by atoms with E-state index in [2.05, 4.69) is 15.6 Å². The van der Waals surface area contributed by atoms with Gasteiger partial charge in [-0.1, -0.05) is 24.4 Å². The number of hydrazine groups is 1. The predicted octanol–water partition coefficient (Wildman–Crippen LogP) is 1.55. The van der Waals surface area contributed by atoms with Crippen molar-refractivity contribution in [2.24, 2.45) is 5.84 Å². The average molecular weight is 226 g/mol. The van der Waals surface area contributed by atoms with Gasteiger partial charge in [0.1, 0.15) is 5.60 Å². The molecule has 2 rings (SSSR count). The summed E-state index contributed by atoms with van der Waals surface area (Å²) in [7, 11) is 0. The van der Waals surface area contributed by atoms with E-state index < -0.39 is 0 Å². The Bertz CT molecular complexity index is 328. The SMILES string of the molecule is CCOC1(c2noc(NN)n2)CCCCC1. The molecule has 1 saturated carbocycles. The van der Waals surface area contributed by atoms with Crippen LogP contribution in [0.5, 0.6) is 0 Å². The lowest BCUT2D eigenvalue weighted by molar-refractivity contribution is -0.0777. The molecule has 0 bridgehead atoms. The number of nitrogens with zero attached hydrogens (tertiary/aromatic N) is 2. The van der Waals surface area contributed by atoms with Crippen LogP contribution in [0.25, 0.3) is 0 Å². The van der Waals surface area contributed by atoms with E-state index in [9.17, 15) is 0 Å². The lowest BCUT2D eigenvalue weighted by Gasteiger charge is -2.33. The van der Waals surface area contributed by atoms with Gasteiger partial charge < -0.3 is 9.26 Å². The summed E-state index contributed by atoms with van der Waals surface area (Å²) in [5, 5.41) is 3.95. The van der Waals surface area contributed by atoms with Crippen LogP contribution >= 0.6 is 0 Å². The molecule has 3 N–H and O–H groups in total. The number of hydrogen-bond donors (Lipinski definition) is 2. The van der Waals surface area contributed by atoms with Gasteiger partial charge in [-0.2, -0.15) is 4.98 Å². The van der Waals surface area contributed by atoms with E-state index in [1.807, 2.05) is 6.92 Å². The van der Waals surface area contributed by atoms with Gasteiger partial charge in [0, 0.05) is 6.61 Å². The number of anilines is 1. The van der Waals surface area contributed by atoms with Crippen LogP contribution in [0.1, 0.15) is 44.9 Å². The van der Waals surface area contributed by atoms with Crippen LogP contribution in [0.4, 0.5) is 6.01 Å². The molecule has 0 aliphatic heterocycles. The van der Waals surface area contributed by atoms with Crippen molar-refractivity contribution >= 4 is 6.01 Å². The Morgan fingerprint density at radius 3 is 2.75 bits per heavy atom. The third-order valence-electron chi connectivity index (χ3n) is 3.04. The summed E-state index contributed by atoms with van der Waals surface area (Å²) < 4.78 is 10.8. The third kappa shape index (κ3) is 2.03. The number of nitrogens with one attached hydrogen (secondary N) is 1. The summed E-state index contributed by atoms with van der Waals surface area (Å²) in [6.07, 6.45) is 5.42. The molecule has 0 amide bonds. The molecule has 6 nitrogen and oxygen atoms in total. The highest BCUT2D eigenvalue weighted by Crippen LogP contribution is 2.39. The molecule has 1 aromatic heterocycles. The van der Waals surface area contributed by atoms with Crippen molar-refractivity contribution < 1.29 is 9.26 Å². The van der Waals surface area contributed by atoms with Crippen molar-refractivity contribution in [3.8, 4) is 0 Å². The lowest BCUT2D eigenvalue weighted by atomic mass is 9.84. The van der Waals surface area contributed by atoms with E-state index in [4.69, 9.17) is 15.1 Å². The summed E-state index contributed by atoms with van der Waals surface area (Å²) >= 11 is 0. The van der Waals surface area contributed by atoms with E-state index in [0.29, 0.717) is 12.4 Å². The largest absolute Gasteiger partial charge is 0.367 e. The second-order valence-electron chi connectivity index (χ2n) is 4.06. The summed E-state index contributed by atoms with van der Waals surface area (Å²) in [4.78, 5) is 4.20. The van der Waals surface area contributed by atoms with Gasteiger partial charge in [0.15, 0.2) is 0 Å². The molecule has 0 saturated heterocycles. The first-order valence-corrected chi connectivity index (χ1v) is 5.75. The van der Waals surface area contributed by atoms with Crippen molar-refractivity contribution in [3.63, 3.8) is 0 Å². The highest BCUT2D eigenvalue weighted by Gasteiger charge is 2.39. The second kappa shape index (κ2) is 4.80. The van der Waals surface area contributed by atoms with E-state index >= 15 is 0 Å². The zero-order valence-corrected chi connectivity index (χ0v) is 9.53. The Hall–Kier alpha value is -1.14. The maximum Gasteiger partial charge on any atom is 0.335 e.